The monoisotopic (exact) mass is 283 g/mol. The zero-order chi connectivity index (χ0) is 14.1. The minimum Gasteiger partial charge on any atom is -0.388 e. The van der Waals surface area contributed by atoms with Gasteiger partial charge in [0.2, 0.25) is 5.91 Å². The van der Waals surface area contributed by atoms with E-state index in [4.69, 9.17) is 0 Å². The van der Waals surface area contributed by atoms with Gasteiger partial charge in [0.15, 0.2) is 0 Å². The lowest BCUT2D eigenvalue weighted by Crippen LogP contribution is -2.38. The van der Waals surface area contributed by atoms with Gasteiger partial charge in [-0.3, -0.25) is 4.79 Å². The molecule has 3 heteroatoms. The van der Waals surface area contributed by atoms with Crippen LogP contribution < -0.4 is 4.90 Å². The summed E-state index contributed by atoms with van der Waals surface area (Å²) in [4.78, 5) is 15.0. The SMILES string of the molecule is O=C(C1C2C3CCC(C3)C12)N1CCC(O)c2ccccc21. The summed E-state index contributed by atoms with van der Waals surface area (Å²) < 4.78 is 0. The molecule has 1 N–H and O–H groups in total. The fourth-order valence-electron chi connectivity index (χ4n) is 5.61. The van der Waals surface area contributed by atoms with Gasteiger partial charge in [-0.25, -0.2) is 0 Å². The van der Waals surface area contributed by atoms with Crippen molar-refractivity contribution in [2.75, 3.05) is 11.4 Å². The molecule has 3 saturated carbocycles. The van der Waals surface area contributed by atoms with Crippen LogP contribution in [0, 0.1) is 29.6 Å². The first-order chi connectivity index (χ1) is 10.3. The molecule has 3 nitrogen and oxygen atoms in total. The number of carbonyl (C=O) groups excluding carboxylic acids is 1. The van der Waals surface area contributed by atoms with Gasteiger partial charge in [-0.05, 0) is 55.4 Å². The number of aliphatic hydroxyl groups excluding tert-OH is 1. The van der Waals surface area contributed by atoms with Gasteiger partial charge >= 0.3 is 0 Å². The quantitative estimate of drug-likeness (QED) is 0.861. The number of hydrogen-bond donors (Lipinski definition) is 1. The Kier molecular flexibility index (Phi) is 2.38. The van der Waals surface area contributed by atoms with Crippen LogP contribution in [0.25, 0.3) is 0 Å². The van der Waals surface area contributed by atoms with Gasteiger partial charge in [0.1, 0.15) is 0 Å². The van der Waals surface area contributed by atoms with Gasteiger partial charge in [-0.15, -0.1) is 0 Å². The predicted molar refractivity (Wildman–Crippen MR) is 79.7 cm³/mol. The van der Waals surface area contributed by atoms with Gasteiger partial charge in [-0.1, -0.05) is 18.2 Å². The van der Waals surface area contributed by atoms with Crippen LogP contribution in [0.5, 0.6) is 0 Å². The molecule has 1 aromatic carbocycles. The molecular weight excluding hydrogens is 262 g/mol. The number of amides is 1. The third kappa shape index (κ3) is 1.56. The maximum Gasteiger partial charge on any atom is 0.230 e. The van der Waals surface area contributed by atoms with E-state index in [1.165, 1.54) is 19.3 Å². The summed E-state index contributed by atoms with van der Waals surface area (Å²) in [5, 5.41) is 10.1. The molecule has 0 spiro atoms. The van der Waals surface area contributed by atoms with Crippen molar-refractivity contribution in [1.82, 2.24) is 0 Å². The molecule has 0 saturated heterocycles. The van der Waals surface area contributed by atoms with Gasteiger partial charge in [-0.2, -0.15) is 0 Å². The summed E-state index contributed by atoms with van der Waals surface area (Å²) in [6.45, 7) is 0.669. The van der Waals surface area contributed by atoms with E-state index in [9.17, 15) is 9.90 Å². The molecule has 0 aromatic heterocycles. The minimum absolute atomic E-state index is 0.291. The number of fused-ring (bicyclic) bond motifs is 6. The highest BCUT2D eigenvalue weighted by Gasteiger charge is 2.68. The Balaban J connectivity index is 1.44. The molecule has 110 valence electrons. The molecule has 1 heterocycles. The summed E-state index contributed by atoms with van der Waals surface area (Å²) in [5.74, 6) is 3.67. The summed E-state index contributed by atoms with van der Waals surface area (Å²) in [5.41, 5.74) is 1.87. The van der Waals surface area contributed by atoms with Crippen molar-refractivity contribution in [3.63, 3.8) is 0 Å². The molecular formula is C18H21NO2. The number of para-hydroxylation sites is 1. The summed E-state index contributed by atoms with van der Waals surface area (Å²) in [6, 6.07) is 7.86. The third-order valence-electron chi connectivity index (χ3n) is 6.50. The molecule has 2 bridgehead atoms. The first kappa shape index (κ1) is 12.2. The van der Waals surface area contributed by atoms with E-state index in [2.05, 4.69) is 0 Å². The second-order valence-electron chi connectivity index (χ2n) is 7.37. The van der Waals surface area contributed by atoms with Crippen molar-refractivity contribution in [2.24, 2.45) is 29.6 Å². The molecule has 3 aliphatic carbocycles. The smallest absolute Gasteiger partial charge is 0.230 e. The highest BCUT2D eigenvalue weighted by Crippen LogP contribution is 2.69. The maximum atomic E-state index is 13.0. The Bertz CT molecular complexity index is 597. The van der Waals surface area contributed by atoms with E-state index < -0.39 is 6.10 Å². The van der Waals surface area contributed by atoms with Crippen LogP contribution in [0.1, 0.15) is 37.4 Å². The average Bonchev–Trinajstić information content (AvgIpc) is 2.95. The number of aliphatic hydroxyl groups is 1. The molecule has 3 fully saturated rings. The molecule has 1 amide bonds. The number of carbonyl (C=O) groups is 1. The predicted octanol–water partition coefficient (Wildman–Crippen LogP) is 2.75. The summed E-state index contributed by atoms with van der Waals surface area (Å²) >= 11 is 0. The molecule has 1 aliphatic heterocycles. The number of rotatable bonds is 1. The fourth-order valence-corrected chi connectivity index (χ4v) is 5.61. The standard InChI is InChI=1S/C18H21NO2/c20-14-7-8-19(13-4-2-1-3-12(13)14)18(21)17-15-10-5-6-11(9-10)16(15)17/h1-4,10-11,14-17,20H,5-9H2. The molecule has 1 aromatic rings. The molecule has 5 atom stereocenters. The Morgan fingerprint density at radius 2 is 1.81 bits per heavy atom. The minimum atomic E-state index is -0.417. The van der Waals surface area contributed by atoms with Crippen molar-refractivity contribution >= 4 is 11.6 Å². The van der Waals surface area contributed by atoms with E-state index in [0.717, 1.165) is 23.1 Å². The number of benzene rings is 1. The van der Waals surface area contributed by atoms with E-state index in [0.29, 0.717) is 36.6 Å². The summed E-state index contributed by atoms with van der Waals surface area (Å²) in [7, 11) is 0. The Morgan fingerprint density at radius 3 is 2.57 bits per heavy atom. The molecule has 5 unspecified atom stereocenters. The number of nitrogens with zero attached hydrogens (tertiary/aromatic N) is 1. The van der Waals surface area contributed by atoms with E-state index >= 15 is 0 Å². The topological polar surface area (TPSA) is 40.5 Å². The summed E-state index contributed by atoms with van der Waals surface area (Å²) in [6.07, 6.45) is 4.34. The number of hydrogen-bond acceptors (Lipinski definition) is 2. The molecule has 4 aliphatic rings. The van der Waals surface area contributed by atoms with E-state index in [1.807, 2.05) is 29.2 Å². The normalized spacial score (nSPS) is 42.6. The lowest BCUT2D eigenvalue weighted by molar-refractivity contribution is -0.121. The van der Waals surface area contributed by atoms with Crippen molar-refractivity contribution in [3.8, 4) is 0 Å². The number of anilines is 1. The Labute approximate surface area is 125 Å². The van der Waals surface area contributed by atoms with Gasteiger partial charge in [0.05, 0.1) is 6.10 Å². The first-order valence-corrected chi connectivity index (χ1v) is 8.34. The van der Waals surface area contributed by atoms with Crippen LogP contribution >= 0.6 is 0 Å². The van der Waals surface area contributed by atoms with Crippen molar-refractivity contribution in [3.05, 3.63) is 29.8 Å². The third-order valence-corrected chi connectivity index (χ3v) is 6.50. The van der Waals surface area contributed by atoms with Crippen LogP contribution in [-0.4, -0.2) is 17.6 Å². The largest absolute Gasteiger partial charge is 0.388 e. The van der Waals surface area contributed by atoms with Gasteiger partial charge < -0.3 is 10.0 Å². The second-order valence-corrected chi connectivity index (χ2v) is 7.37. The van der Waals surface area contributed by atoms with Crippen molar-refractivity contribution in [2.45, 2.75) is 31.8 Å². The highest BCUT2D eigenvalue weighted by molar-refractivity contribution is 5.98. The molecule has 0 radical (unpaired) electrons. The lowest BCUT2D eigenvalue weighted by atomic mass is 9.96. The van der Waals surface area contributed by atoms with E-state index in [1.54, 1.807) is 0 Å². The maximum absolute atomic E-state index is 13.0. The van der Waals surface area contributed by atoms with Gasteiger partial charge in [0.25, 0.3) is 0 Å². The highest BCUT2D eigenvalue weighted by atomic mass is 16.3. The van der Waals surface area contributed by atoms with Crippen molar-refractivity contribution in [1.29, 1.82) is 0 Å². The Hall–Kier alpha value is -1.35. The molecule has 21 heavy (non-hydrogen) atoms. The molecule has 5 rings (SSSR count). The van der Waals surface area contributed by atoms with Crippen LogP contribution in [0.2, 0.25) is 0 Å². The van der Waals surface area contributed by atoms with Crippen LogP contribution in [0.3, 0.4) is 0 Å². The fraction of sp³-hybridized carbons (Fsp3) is 0.611. The van der Waals surface area contributed by atoms with Crippen LogP contribution in [0.4, 0.5) is 5.69 Å². The van der Waals surface area contributed by atoms with E-state index in [-0.39, 0.29) is 0 Å². The first-order valence-electron chi connectivity index (χ1n) is 8.34. The zero-order valence-corrected chi connectivity index (χ0v) is 12.1. The van der Waals surface area contributed by atoms with Crippen LogP contribution in [-0.2, 0) is 4.79 Å². The van der Waals surface area contributed by atoms with Crippen LogP contribution in [0.15, 0.2) is 24.3 Å². The Morgan fingerprint density at radius 1 is 1.10 bits per heavy atom. The lowest BCUT2D eigenvalue weighted by Gasteiger charge is -2.33. The second kappa shape index (κ2) is 4.10. The van der Waals surface area contributed by atoms with Gasteiger partial charge in [0, 0.05) is 23.7 Å². The average molecular weight is 283 g/mol. The van der Waals surface area contributed by atoms with Crippen molar-refractivity contribution < 1.29 is 9.90 Å². The zero-order valence-electron chi connectivity index (χ0n) is 12.1.